The topological polar surface area (TPSA) is 66.9 Å². The molecule has 1 heterocycles. The normalized spacial score (nSPS) is 12.7. The fraction of sp³-hybridized carbons (Fsp3) is 0.107. The number of carbonyl (C=O) groups is 3. The maximum atomic E-state index is 13.6. The first-order valence-corrected chi connectivity index (χ1v) is 11.5. The molecule has 0 saturated carbocycles. The standard InChI is InChI=1S/C28H21ClN2O4/c1-35-24-11-3-2-10-23(24)30(26(32)19-12-14-20(29)15-13-19)16-17-31-27(33)21-8-4-6-18-7-5-9-22(25(18)21)28(31)34/h2-15H,16-17H2,1H3. The van der Waals surface area contributed by atoms with E-state index in [2.05, 4.69) is 0 Å². The van der Waals surface area contributed by atoms with Crippen LogP contribution >= 0.6 is 11.6 Å². The third-order valence-corrected chi connectivity index (χ3v) is 6.37. The highest BCUT2D eigenvalue weighted by atomic mass is 35.5. The minimum absolute atomic E-state index is 0.0137. The van der Waals surface area contributed by atoms with Crippen LogP contribution < -0.4 is 9.64 Å². The average Bonchev–Trinajstić information content (AvgIpc) is 2.89. The SMILES string of the molecule is COc1ccccc1N(CCN1C(=O)c2cccc3cccc(c23)C1=O)C(=O)c1ccc(Cl)cc1. The van der Waals surface area contributed by atoms with E-state index in [-0.39, 0.29) is 30.8 Å². The largest absolute Gasteiger partial charge is 0.495 e. The van der Waals surface area contributed by atoms with E-state index in [1.165, 1.54) is 16.9 Å². The molecule has 0 N–H and O–H groups in total. The van der Waals surface area contributed by atoms with E-state index in [1.807, 2.05) is 18.2 Å². The van der Waals surface area contributed by atoms with Gasteiger partial charge in [0.05, 0.1) is 12.8 Å². The second-order valence-electron chi connectivity index (χ2n) is 8.11. The molecule has 3 amide bonds. The molecule has 0 saturated heterocycles. The van der Waals surface area contributed by atoms with Crippen molar-refractivity contribution in [1.29, 1.82) is 0 Å². The van der Waals surface area contributed by atoms with Gasteiger partial charge in [-0.3, -0.25) is 19.3 Å². The molecule has 1 aliphatic heterocycles. The first-order chi connectivity index (χ1) is 17.0. The number of carbonyl (C=O) groups excluding carboxylic acids is 3. The summed E-state index contributed by atoms with van der Waals surface area (Å²) in [4.78, 5) is 42.9. The van der Waals surface area contributed by atoms with E-state index >= 15 is 0 Å². The molecule has 0 aromatic heterocycles. The number of imide groups is 1. The van der Waals surface area contributed by atoms with Gasteiger partial charge in [0.2, 0.25) is 0 Å². The number of rotatable bonds is 6. The highest BCUT2D eigenvalue weighted by Crippen LogP contribution is 2.32. The molecule has 35 heavy (non-hydrogen) atoms. The van der Waals surface area contributed by atoms with E-state index in [0.29, 0.717) is 38.5 Å². The van der Waals surface area contributed by atoms with Crippen molar-refractivity contribution in [2.45, 2.75) is 0 Å². The molecule has 7 heteroatoms. The molecular formula is C28H21ClN2O4. The Morgan fingerprint density at radius 1 is 0.857 bits per heavy atom. The van der Waals surface area contributed by atoms with Gasteiger partial charge in [-0.05, 0) is 53.9 Å². The number of hydrogen-bond donors (Lipinski definition) is 0. The summed E-state index contributed by atoms with van der Waals surface area (Å²) in [5.74, 6) is -0.553. The Kier molecular flexibility index (Phi) is 5.97. The van der Waals surface area contributed by atoms with Crippen LogP contribution in [0.2, 0.25) is 5.02 Å². The minimum Gasteiger partial charge on any atom is -0.495 e. The van der Waals surface area contributed by atoms with Crippen molar-refractivity contribution in [3.63, 3.8) is 0 Å². The zero-order chi connectivity index (χ0) is 24.5. The Bertz CT molecular complexity index is 1420. The molecule has 0 aliphatic carbocycles. The number of ether oxygens (including phenoxy) is 1. The molecule has 0 atom stereocenters. The van der Waals surface area contributed by atoms with Gasteiger partial charge < -0.3 is 9.64 Å². The highest BCUT2D eigenvalue weighted by molar-refractivity contribution is 6.30. The summed E-state index contributed by atoms with van der Waals surface area (Å²) in [5, 5.41) is 2.03. The van der Waals surface area contributed by atoms with Crippen LogP contribution in [0.25, 0.3) is 10.8 Å². The maximum absolute atomic E-state index is 13.6. The molecule has 1 aliphatic rings. The Morgan fingerprint density at radius 2 is 1.49 bits per heavy atom. The first-order valence-electron chi connectivity index (χ1n) is 11.1. The van der Waals surface area contributed by atoms with E-state index < -0.39 is 0 Å². The summed E-state index contributed by atoms with van der Waals surface area (Å²) in [6.07, 6.45) is 0. The van der Waals surface area contributed by atoms with Crippen molar-refractivity contribution in [3.05, 3.63) is 107 Å². The van der Waals surface area contributed by atoms with Crippen molar-refractivity contribution >= 4 is 45.8 Å². The van der Waals surface area contributed by atoms with E-state index in [1.54, 1.807) is 66.7 Å². The molecule has 0 spiro atoms. The quantitative estimate of drug-likeness (QED) is 0.341. The summed E-state index contributed by atoms with van der Waals surface area (Å²) in [5.41, 5.74) is 1.91. The average molecular weight is 485 g/mol. The Hall–Kier alpha value is -4.16. The summed E-state index contributed by atoms with van der Waals surface area (Å²) >= 11 is 6.00. The van der Waals surface area contributed by atoms with Crippen molar-refractivity contribution < 1.29 is 19.1 Å². The van der Waals surface area contributed by atoms with Gasteiger partial charge in [0.15, 0.2) is 0 Å². The van der Waals surface area contributed by atoms with Crippen LogP contribution in [0, 0.1) is 0 Å². The fourth-order valence-electron chi connectivity index (χ4n) is 4.42. The molecular weight excluding hydrogens is 464 g/mol. The molecule has 6 nitrogen and oxygen atoms in total. The maximum Gasteiger partial charge on any atom is 0.261 e. The summed E-state index contributed by atoms with van der Waals surface area (Å²) < 4.78 is 5.49. The lowest BCUT2D eigenvalue weighted by molar-refractivity contribution is 0.0611. The van der Waals surface area contributed by atoms with Crippen LogP contribution in [0.3, 0.4) is 0 Å². The third kappa shape index (κ3) is 4.02. The first kappa shape index (κ1) is 22.6. The van der Waals surface area contributed by atoms with Crippen LogP contribution in [0.15, 0.2) is 84.9 Å². The lowest BCUT2D eigenvalue weighted by Crippen LogP contribution is -2.46. The number of para-hydroxylation sites is 2. The van der Waals surface area contributed by atoms with Gasteiger partial charge >= 0.3 is 0 Å². The van der Waals surface area contributed by atoms with Crippen LogP contribution in [-0.4, -0.2) is 42.8 Å². The minimum atomic E-state index is -0.377. The Balaban J connectivity index is 1.49. The molecule has 0 unspecified atom stereocenters. The predicted molar refractivity (Wildman–Crippen MR) is 135 cm³/mol. The van der Waals surface area contributed by atoms with Crippen LogP contribution in [0.1, 0.15) is 31.1 Å². The van der Waals surface area contributed by atoms with E-state index in [9.17, 15) is 14.4 Å². The highest BCUT2D eigenvalue weighted by Gasteiger charge is 2.33. The third-order valence-electron chi connectivity index (χ3n) is 6.12. The summed E-state index contributed by atoms with van der Waals surface area (Å²) in [7, 11) is 1.53. The number of methoxy groups -OCH3 is 1. The van der Waals surface area contributed by atoms with Gasteiger partial charge in [0, 0.05) is 40.2 Å². The number of halogens is 1. The predicted octanol–water partition coefficient (Wildman–Crippen LogP) is 5.44. The summed E-state index contributed by atoms with van der Waals surface area (Å²) in [6, 6.07) is 24.5. The van der Waals surface area contributed by atoms with Gasteiger partial charge in [-0.1, -0.05) is 48.0 Å². The van der Waals surface area contributed by atoms with E-state index in [4.69, 9.17) is 16.3 Å². The second kappa shape index (κ2) is 9.24. The lowest BCUT2D eigenvalue weighted by atomic mass is 9.94. The van der Waals surface area contributed by atoms with Gasteiger partial charge in [-0.25, -0.2) is 0 Å². The molecule has 0 bridgehead atoms. The number of hydrogen-bond acceptors (Lipinski definition) is 4. The molecule has 0 radical (unpaired) electrons. The van der Waals surface area contributed by atoms with Crippen LogP contribution in [0.4, 0.5) is 5.69 Å². The smallest absolute Gasteiger partial charge is 0.261 e. The van der Waals surface area contributed by atoms with Crippen LogP contribution in [-0.2, 0) is 0 Å². The van der Waals surface area contributed by atoms with Crippen molar-refractivity contribution in [2.75, 3.05) is 25.1 Å². The van der Waals surface area contributed by atoms with Crippen LogP contribution in [0.5, 0.6) is 5.75 Å². The van der Waals surface area contributed by atoms with Crippen molar-refractivity contribution in [3.8, 4) is 5.75 Å². The zero-order valence-electron chi connectivity index (χ0n) is 18.9. The lowest BCUT2D eigenvalue weighted by Gasteiger charge is -2.30. The molecule has 4 aromatic rings. The van der Waals surface area contributed by atoms with Gasteiger partial charge in [0.25, 0.3) is 17.7 Å². The molecule has 174 valence electrons. The van der Waals surface area contributed by atoms with Gasteiger partial charge in [-0.2, -0.15) is 0 Å². The number of anilines is 1. The van der Waals surface area contributed by atoms with Gasteiger partial charge in [-0.15, -0.1) is 0 Å². The molecule has 4 aromatic carbocycles. The van der Waals surface area contributed by atoms with Gasteiger partial charge in [0.1, 0.15) is 5.75 Å². The molecule has 0 fully saturated rings. The summed E-state index contributed by atoms with van der Waals surface area (Å²) in [6.45, 7) is 0.0945. The Morgan fingerprint density at radius 3 is 2.11 bits per heavy atom. The fourth-order valence-corrected chi connectivity index (χ4v) is 4.54. The molecule has 5 rings (SSSR count). The number of nitrogens with zero attached hydrogens (tertiary/aromatic N) is 2. The number of benzene rings is 4. The number of amides is 3. The zero-order valence-corrected chi connectivity index (χ0v) is 19.7. The Labute approximate surface area is 207 Å². The van der Waals surface area contributed by atoms with E-state index in [0.717, 1.165) is 5.39 Å². The second-order valence-corrected chi connectivity index (χ2v) is 8.54. The van der Waals surface area contributed by atoms with Crippen molar-refractivity contribution in [2.24, 2.45) is 0 Å². The monoisotopic (exact) mass is 484 g/mol. The van der Waals surface area contributed by atoms with Crippen molar-refractivity contribution in [1.82, 2.24) is 4.90 Å².